The van der Waals surface area contributed by atoms with Gasteiger partial charge in [-0.2, -0.15) is 0 Å². The maximum Gasteiger partial charge on any atom is 0.0587 e. The molecule has 1 aromatic heterocycles. The standard InChI is InChI=1S/C12H18N2O/c1-15-8-7-13-9-11-5-4-10-3-2-6-14-12(10)11/h2-3,6,11,13H,4-5,7-9H2,1H3. The predicted octanol–water partition coefficient (Wildman–Crippen LogP) is 1.35. The van der Waals surface area contributed by atoms with E-state index in [9.17, 15) is 0 Å². The lowest BCUT2D eigenvalue weighted by Gasteiger charge is -2.11. The smallest absolute Gasteiger partial charge is 0.0587 e. The van der Waals surface area contributed by atoms with Crippen LogP contribution in [0.1, 0.15) is 23.6 Å². The summed E-state index contributed by atoms with van der Waals surface area (Å²) in [5.41, 5.74) is 2.72. The number of pyridine rings is 1. The molecule has 1 atom stereocenters. The minimum absolute atomic E-state index is 0.595. The highest BCUT2D eigenvalue weighted by Crippen LogP contribution is 2.30. The number of methoxy groups -OCH3 is 1. The SMILES string of the molecule is COCCNCC1CCc2cccnc21. The molecule has 1 aliphatic rings. The van der Waals surface area contributed by atoms with Gasteiger partial charge >= 0.3 is 0 Å². The minimum atomic E-state index is 0.595. The Morgan fingerprint density at radius 2 is 2.53 bits per heavy atom. The molecule has 0 aromatic carbocycles. The van der Waals surface area contributed by atoms with Gasteiger partial charge in [-0.05, 0) is 24.5 Å². The van der Waals surface area contributed by atoms with Gasteiger partial charge in [-0.15, -0.1) is 0 Å². The lowest BCUT2D eigenvalue weighted by atomic mass is 10.1. The molecular weight excluding hydrogens is 188 g/mol. The van der Waals surface area contributed by atoms with Crippen LogP contribution in [0.4, 0.5) is 0 Å². The topological polar surface area (TPSA) is 34.1 Å². The fourth-order valence-corrected chi connectivity index (χ4v) is 2.15. The zero-order valence-corrected chi connectivity index (χ0v) is 9.20. The van der Waals surface area contributed by atoms with Gasteiger partial charge in [0.1, 0.15) is 0 Å². The molecule has 1 unspecified atom stereocenters. The number of ether oxygens (including phenoxy) is 1. The molecule has 0 saturated carbocycles. The Morgan fingerprint density at radius 1 is 1.60 bits per heavy atom. The van der Waals surface area contributed by atoms with E-state index >= 15 is 0 Å². The minimum Gasteiger partial charge on any atom is -0.383 e. The number of hydrogen-bond acceptors (Lipinski definition) is 3. The van der Waals surface area contributed by atoms with Crippen LogP contribution in [-0.4, -0.2) is 31.8 Å². The normalized spacial score (nSPS) is 19.1. The van der Waals surface area contributed by atoms with Gasteiger partial charge in [-0.25, -0.2) is 0 Å². The van der Waals surface area contributed by atoms with Crippen molar-refractivity contribution < 1.29 is 4.74 Å². The molecule has 0 fully saturated rings. The fraction of sp³-hybridized carbons (Fsp3) is 0.583. The lowest BCUT2D eigenvalue weighted by molar-refractivity contribution is 0.199. The van der Waals surface area contributed by atoms with Crippen molar-refractivity contribution >= 4 is 0 Å². The zero-order chi connectivity index (χ0) is 10.5. The first-order valence-electron chi connectivity index (χ1n) is 5.55. The van der Waals surface area contributed by atoms with Crippen LogP contribution >= 0.6 is 0 Å². The van der Waals surface area contributed by atoms with E-state index < -0.39 is 0 Å². The van der Waals surface area contributed by atoms with Crippen molar-refractivity contribution in [2.45, 2.75) is 18.8 Å². The molecule has 82 valence electrons. The highest BCUT2D eigenvalue weighted by atomic mass is 16.5. The van der Waals surface area contributed by atoms with Gasteiger partial charge in [-0.1, -0.05) is 6.07 Å². The number of rotatable bonds is 5. The highest BCUT2D eigenvalue weighted by molar-refractivity contribution is 5.28. The second-order valence-corrected chi connectivity index (χ2v) is 3.98. The molecule has 1 aromatic rings. The van der Waals surface area contributed by atoms with E-state index in [1.54, 1.807) is 7.11 Å². The Kier molecular flexibility index (Phi) is 3.69. The van der Waals surface area contributed by atoms with Gasteiger partial charge in [0.2, 0.25) is 0 Å². The first-order chi connectivity index (χ1) is 7.42. The average Bonchev–Trinajstić information content (AvgIpc) is 2.68. The largest absolute Gasteiger partial charge is 0.383 e. The average molecular weight is 206 g/mol. The fourth-order valence-electron chi connectivity index (χ4n) is 2.15. The van der Waals surface area contributed by atoms with Gasteiger partial charge in [0.15, 0.2) is 0 Å². The van der Waals surface area contributed by atoms with Crippen LogP contribution in [0.15, 0.2) is 18.3 Å². The maximum absolute atomic E-state index is 5.00. The first kappa shape index (κ1) is 10.6. The Morgan fingerprint density at radius 3 is 3.40 bits per heavy atom. The van der Waals surface area contributed by atoms with Crippen LogP contribution in [0.2, 0.25) is 0 Å². The monoisotopic (exact) mass is 206 g/mol. The molecule has 1 heterocycles. The molecule has 2 rings (SSSR count). The van der Waals surface area contributed by atoms with Gasteiger partial charge in [0.25, 0.3) is 0 Å². The Labute approximate surface area is 90.9 Å². The third kappa shape index (κ3) is 2.55. The van der Waals surface area contributed by atoms with Crippen LogP contribution in [0.25, 0.3) is 0 Å². The molecule has 0 saturated heterocycles. The summed E-state index contributed by atoms with van der Waals surface area (Å²) in [6, 6.07) is 4.22. The molecule has 1 N–H and O–H groups in total. The van der Waals surface area contributed by atoms with E-state index in [-0.39, 0.29) is 0 Å². The van der Waals surface area contributed by atoms with Crippen molar-refractivity contribution in [1.29, 1.82) is 0 Å². The molecule has 15 heavy (non-hydrogen) atoms. The molecule has 0 radical (unpaired) electrons. The van der Waals surface area contributed by atoms with Crippen LogP contribution in [0.5, 0.6) is 0 Å². The van der Waals surface area contributed by atoms with Crippen molar-refractivity contribution in [3.05, 3.63) is 29.6 Å². The summed E-state index contributed by atoms with van der Waals surface area (Å²) in [6.45, 7) is 2.73. The number of hydrogen-bond donors (Lipinski definition) is 1. The Balaban J connectivity index is 1.85. The van der Waals surface area contributed by atoms with Crippen LogP contribution in [0.3, 0.4) is 0 Å². The van der Waals surface area contributed by atoms with E-state index in [0.29, 0.717) is 5.92 Å². The second-order valence-electron chi connectivity index (χ2n) is 3.98. The Bertz CT molecular complexity index is 314. The number of fused-ring (bicyclic) bond motifs is 1. The number of aryl methyl sites for hydroxylation is 1. The van der Waals surface area contributed by atoms with Gasteiger partial charge in [-0.3, -0.25) is 4.98 Å². The third-order valence-corrected chi connectivity index (χ3v) is 2.95. The van der Waals surface area contributed by atoms with Crippen LogP contribution < -0.4 is 5.32 Å². The third-order valence-electron chi connectivity index (χ3n) is 2.95. The molecule has 0 spiro atoms. The first-order valence-corrected chi connectivity index (χ1v) is 5.55. The number of nitrogens with one attached hydrogen (secondary N) is 1. The molecule has 1 aliphatic carbocycles. The van der Waals surface area contributed by atoms with Crippen molar-refractivity contribution in [3.63, 3.8) is 0 Å². The number of aromatic nitrogens is 1. The van der Waals surface area contributed by atoms with Gasteiger partial charge in [0.05, 0.1) is 6.61 Å². The molecule has 3 heteroatoms. The van der Waals surface area contributed by atoms with Crippen LogP contribution in [-0.2, 0) is 11.2 Å². The summed E-state index contributed by atoms with van der Waals surface area (Å²) in [6.07, 6.45) is 4.30. The molecule has 3 nitrogen and oxygen atoms in total. The quantitative estimate of drug-likeness (QED) is 0.738. The van der Waals surface area contributed by atoms with E-state index in [4.69, 9.17) is 4.74 Å². The maximum atomic E-state index is 5.00. The van der Waals surface area contributed by atoms with E-state index in [1.165, 1.54) is 24.1 Å². The summed E-state index contributed by atoms with van der Waals surface area (Å²) in [4.78, 5) is 4.47. The van der Waals surface area contributed by atoms with Crippen molar-refractivity contribution in [2.24, 2.45) is 0 Å². The summed E-state index contributed by atoms with van der Waals surface area (Å²) in [5.74, 6) is 0.595. The summed E-state index contributed by atoms with van der Waals surface area (Å²) in [7, 11) is 1.73. The summed E-state index contributed by atoms with van der Waals surface area (Å²) >= 11 is 0. The Hall–Kier alpha value is -0.930. The van der Waals surface area contributed by atoms with Gasteiger partial charge in [0, 0.05) is 38.0 Å². The van der Waals surface area contributed by atoms with Gasteiger partial charge < -0.3 is 10.1 Å². The van der Waals surface area contributed by atoms with Crippen molar-refractivity contribution in [1.82, 2.24) is 10.3 Å². The highest BCUT2D eigenvalue weighted by Gasteiger charge is 2.22. The number of nitrogens with zero attached hydrogens (tertiary/aromatic N) is 1. The van der Waals surface area contributed by atoms with E-state index in [2.05, 4.69) is 16.4 Å². The van der Waals surface area contributed by atoms with Crippen molar-refractivity contribution in [2.75, 3.05) is 26.8 Å². The summed E-state index contributed by atoms with van der Waals surface area (Å²) in [5, 5.41) is 3.40. The second kappa shape index (κ2) is 5.24. The van der Waals surface area contributed by atoms with E-state index in [0.717, 1.165) is 19.7 Å². The molecule has 0 bridgehead atoms. The van der Waals surface area contributed by atoms with E-state index in [1.807, 2.05) is 12.3 Å². The van der Waals surface area contributed by atoms with Crippen LogP contribution in [0, 0.1) is 0 Å². The molecule has 0 amide bonds. The predicted molar refractivity (Wildman–Crippen MR) is 60.0 cm³/mol. The molecular formula is C12H18N2O. The lowest BCUT2D eigenvalue weighted by Crippen LogP contribution is -2.24. The zero-order valence-electron chi connectivity index (χ0n) is 9.20. The van der Waals surface area contributed by atoms with Crippen molar-refractivity contribution in [3.8, 4) is 0 Å². The molecule has 0 aliphatic heterocycles. The summed E-state index contributed by atoms with van der Waals surface area (Å²) < 4.78 is 5.00.